The number of benzene rings is 1. The van der Waals surface area contributed by atoms with Gasteiger partial charge in [0.2, 0.25) is 0 Å². The molecule has 1 heterocycles. The average molecular weight is 270 g/mol. The molecule has 0 radical (unpaired) electrons. The molecule has 18 heavy (non-hydrogen) atoms. The van der Waals surface area contributed by atoms with Crippen LogP contribution in [0.5, 0.6) is 5.75 Å². The molecular weight excluding hydrogens is 262 g/mol. The number of carboxylic acids is 1. The monoisotopic (exact) mass is 270 g/mol. The Labute approximate surface area is 105 Å². The van der Waals surface area contributed by atoms with E-state index in [1.165, 1.54) is 34.9 Å². The van der Waals surface area contributed by atoms with Crippen molar-refractivity contribution in [1.29, 1.82) is 0 Å². The third-order valence-corrected chi connectivity index (χ3v) is 3.01. The predicted molar refractivity (Wildman–Crippen MR) is 63.3 cm³/mol. The summed E-state index contributed by atoms with van der Waals surface area (Å²) in [7, 11) is 0. The lowest BCUT2D eigenvalue weighted by Crippen LogP contribution is -2.02. The average Bonchev–Trinajstić information content (AvgIpc) is 2.77. The molecule has 0 amide bonds. The summed E-state index contributed by atoms with van der Waals surface area (Å²) in [6, 6.07) is 5.96. The van der Waals surface area contributed by atoms with Gasteiger partial charge >= 0.3 is 12.6 Å². The molecule has 0 aliphatic carbocycles. The standard InChI is InChI=1S/C12H8F2O3S/c13-12(14)17-8-3-1-2-7(4-8)9-5-18-6-10(9)11(15)16/h1-6,12H,(H,15,16). The minimum absolute atomic E-state index is 0.00467. The molecule has 3 nitrogen and oxygen atoms in total. The molecule has 0 saturated heterocycles. The van der Waals surface area contributed by atoms with Gasteiger partial charge in [0, 0.05) is 10.9 Å². The SMILES string of the molecule is O=C(O)c1cscc1-c1cccc(OC(F)F)c1. The lowest BCUT2D eigenvalue weighted by molar-refractivity contribution is -0.0498. The van der Waals surface area contributed by atoms with Crippen molar-refractivity contribution in [1.82, 2.24) is 0 Å². The van der Waals surface area contributed by atoms with Crippen LogP contribution >= 0.6 is 11.3 Å². The van der Waals surface area contributed by atoms with Crippen LogP contribution in [0.15, 0.2) is 35.0 Å². The van der Waals surface area contributed by atoms with E-state index < -0.39 is 12.6 Å². The van der Waals surface area contributed by atoms with Gasteiger partial charge in [-0.15, -0.1) is 0 Å². The highest BCUT2D eigenvalue weighted by Gasteiger charge is 2.13. The summed E-state index contributed by atoms with van der Waals surface area (Å²) >= 11 is 1.24. The van der Waals surface area contributed by atoms with Gasteiger partial charge in [0.1, 0.15) is 5.75 Å². The molecule has 1 aromatic heterocycles. The summed E-state index contributed by atoms with van der Waals surface area (Å²) in [6.07, 6.45) is 0. The number of aromatic carboxylic acids is 1. The second-order valence-corrected chi connectivity index (χ2v) is 4.15. The maximum Gasteiger partial charge on any atom is 0.387 e. The van der Waals surface area contributed by atoms with Crippen molar-refractivity contribution in [2.45, 2.75) is 6.61 Å². The van der Waals surface area contributed by atoms with E-state index >= 15 is 0 Å². The van der Waals surface area contributed by atoms with Crippen LogP contribution in [-0.2, 0) is 0 Å². The van der Waals surface area contributed by atoms with Crippen molar-refractivity contribution in [3.63, 3.8) is 0 Å². The third kappa shape index (κ3) is 2.65. The van der Waals surface area contributed by atoms with Gasteiger partial charge in [0.15, 0.2) is 0 Å². The summed E-state index contributed by atoms with van der Waals surface area (Å²) in [6.45, 7) is -2.90. The molecule has 0 aliphatic rings. The fraction of sp³-hybridized carbons (Fsp3) is 0.0833. The van der Waals surface area contributed by atoms with Crippen molar-refractivity contribution in [3.05, 3.63) is 40.6 Å². The van der Waals surface area contributed by atoms with Gasteiger partial charge in [-0.05, 0) is 23.1 Å². The topological polar surface area (TPSA) is 46.5 Å². The number of carboxylic acid groups (broad SMARTS) is 1. The van der Waals surface area contributed by atoms with Crippen LogP contribution in [0.25, 0.3) is 11.1 Å². The maximum atomic E-state index is 12.1. The molecule has 0 aliphatic heterocycles. The van der Waals surface area contributed by atoms with Crippen molar-refractivity contribution >= 4 is 17.3 Å². The number of hydrogen-bond donors (Lipinski definition) is 1. The fourth-order valence-corrected chi connectivity index (χ4v) is 2.36. The molecule has 0 fully saturated rings. The molecule has 94 valence electrons. The molecular formula is C12H8F2O3S. The summed E-state index contributed by atoms with van der Waals surface area (Å²) in [5, 5.41) is 12.1. The van der Waals surface area contributed by atoms with E-state index in [0.29, 0.717) is 11.1 Å². The van der Waals surface area contributed by atoms with E-state index in [0.717, 1.165) is 0 Å². The Morgan fingerprint density at radius 3 is 2.78 bits per heavy atom. The highest BCUT2D eigenvalue weighted by atomic mass is 32.1. The smallest absolute Gasteiger partial charge is 0.387 e. The number of carbonyl (C=O) groups is 1. The molecule has 1 N–H and O–H groups in total. The van der Waals surface area contributed by atoms with Crippen LogP contribution in [0.3, 0.4) is 0 Å². The Morgan fingerprint density at radius 2 is 2.11 bits per heavy atom. The largest absolute Gasteiger partial charge is 0.478 e. The number of thiophene rings is 1. The Kier molecular flexibility index (Phi) is 3.57. The van der Waals surface area contributed by atoms with Crippen LogP contribution in [0.4, 0.5) is 8.78 Å². The van der Waals surface area contributed by atoms with Crippen molar-refractivity contribution < 1.29 is 23.4 Å². The zero-order valence-corrected chi connectivity index (χ0v) is 9.79. The van der Waals surface area contributed by atoms with Gasteiger partial charge in [0.05, 0.1) is 5.56 Å². The van der Waals surface area contributed by atoms with Gasteiger partial charge < -0.3 is 9.84 Å². The Balaban J connectivity index is 2.38. The summed E-state index contributed by atoms with van der Waals surface area (Å²) in [5.74, 6) is -1.04. The van der Waals surface area contributed by atoms with Crippen LogP contribution < -0.4 is 4.74 Å². The van der Waals surface area contributed by atoms with Crippen LogP contribution in [0, 0.1) is 0 Å². The number of ether oxygens (including phenoxy) is 1. The fourth-order valence-electron chi connectivity index (χ4n) is 1.53. The van der Waals surface area contributed by atoms with E-state index in [2.05, 4.69) is 4.74 Å². The molecule has 0 atom stereocenters. The first kappa shape index (κ1) is 12.5. The van der Waals surface area contributed by atoms with Gasteiger partial charge in [-0.2, -0.15) is 20.1 Å². The minimum atomic E-state index is -2.90. The van der Waals surface area contributed by atoms with E-state index in [1.807, 2.05) is 0 Å². The first-order valence-corrected chi connectivity index (χ1v) is 5.87. The second-order valence-electron chi connectivity index (χ2n) is 3.41. The normalized spacial score (nSPS) is 10.6. The third-order valence-electron chi connectivity index (χ3n) is 2.26. The van der Waals surface area contributed by atoms with E-state index in [1.54, 1.807) is 11.4 Å². The molecule has 0 unspecified atom stereocenters. The first-order valence-electron chi connectivity index (χ1n) is 4.92. The second kappa shape index (κ2) is 5.14. The number of halogens is 2. The van der Waals surface area contributed by atoms with Gasteiger partial charge in [-0.25, -0.2) is 4.79 Å². The van der Waals surface area contributed by atoms with Crippen molar-refractivity contribution in [2.24, 2.45) is 0 Å². The zero-order chi connectivity index (χ0) is 13.1. The Bertz CT molecular complexity index is 566. The Hall–Kier alpha value is -1.95. The molecule has 1 aromatic carbocycles. The van der Waals surface area contributed by atoms with Gasteiger partial charge in [0.25, 0.3) is 0 Å². The highest BCUT2D eigenvalue weighted by molar-refractivity contribution is 7.08. The molecule has 2 aromatic rings. The number of hydrogen-bond acceptors (Lipinski definition) is 3. The van der Waals surface area contributed by atoms with Crippen LogP contribution in [0.1, 0.15) is 10.4 Å². The van der Waals surface area contributed by atoms with Crippen LogP contribution in [0.2, 0.25) is 0 Å². The lowest BCUT2D eigenvalue weighted by atomic mass is 10.0. The number of rotatable bonds is 4. The Morgan fingerprint density at radius 1 is 1.33 bits per heavy atom. The van der Waals surface area contributed by atoms with Gasteiger partial charge in [-0.3, -0.25) is 0 Å². The van der Waals surface area contributed by atoms with Crippen molar-refractivity contribution in [3.8, 4) is 16.9 Å². The van der Waals surface area contributed by atoms with E-state index in [4.69, 9.17) is 5.11 Å². The lowest BCUT2D eigenvalue weighted by Gasteiger charge is -2.06. The van der Waals surface area contributed by atoms with Gasteiger partial charge in [-0.1, -0.05) is 12.1 Å². The van der Waals surface area contributed by atoms with Crippen molar-refractivity contribution in [2.75, 3.05) is 0 Å². The molecule has 0 bridgehead atoms. The summed E-state index contributed by atoms with van der Waals surface area (Å²) in [5.41, 5.74) is 1.17. The minimum Gasteiger partial charge on any atom is -0.478 e. The molecule has 6 heteroatoms. The van der Waals surface area contributed by atoms with Crippen LogP contribution in [-0.4, -0.2) is 17.7 Å². The number of alkyl halides is 2. The zero-order valence-electron chi connectivity index (χ0n) is 8.97. The predicted octanol–water partition coefficient (Wildman–Crippen LogP) is 3.71. The summed E-state index contributed by atoms with van der Waals surface area (Å²) in [4.78, 5) is 11.0. The quantitative estimate of drug-likeness (QED) is 0.921. The van der Waals surface area contributed by atoms with E-state index in [-0.39, 0.29) is 11.3 Å². The summed E-state index contributed by atoms with van der Waals surface area (Å²) < 4.78 is 28.5. The maximum absolute atomic E-state index is 12.1. The molecule has 0 saturated carbocycles. The first-order chi connectivity index (χ1) is 8.58. The molecule has 0 spiro atoms. The van der Waals surface area contributed by atoms with E-state index in [9.17, 15) is 13.6 Å². The highest BCUT2D eigenvalue weighted by Crippen LogP contribution is 2.30. The molecule has 2 rings (SSSR count).